The monoisotopic (exact) mass is 237 g/mol. The summed E-state index contributed by atoms with van der Waals surface area (Å²) in [5, 5.41) is 3.47. The lowest BCUT2D eigenvalue weighted by atomic mass is 10.1. The third kappa shape index (κ3) is 3.73. The maximum atomic E-state index is 5.07. The highest BCUT2D eigenvalue weighted by molar-refractivity contribution is 5.25. The van der Waals surface area contributed by atoms with Crippen LogP contribution in [0.3, 0.4) is 0 Å². The Morgan fingerprint density at radius 1 is 1.47 bits per heavy atom. The van der Waals surface area contributed by atoms with Crippen LogP contribution in [-0.2, 0) is 11.3 Å². The van der Waals surface area contributed by atoms with Crippen molar-refractivity contribution in [2.45, 2.75) is 38.6 Å². The molecular weight excluding hydrogens is 214 g/mol. The number of nitrogens with zero attached hydrogens (tertiary/aromatic N) is 2. The predicted molar refractivity (Wildman–Crippen MR) is 69.2 cm³/mol. The van der Waals surface area contributed by atoms with Gasteiger partial charge >= 0.3 is 0 Å². The summed E-state index contributed by atoms with van der Waals surface area (Å²) >= 11 is 0. The van der Waals surface area contributed by atoms with Crippen molar-refractivity contribution in [2.24, 2.45) is 5.92 Å². The lowest BCUT2D eigenvalue weighted by molar-refractivity contribution is 0.190. The smallest absolute Gasteiger partial charge is 0.202 e. The zero-order chi connectivity index (χ0) is 11.9. The van der Waals surface area contributed by atoms with E-state index in [1.54, 1.807) is 7.11 Å². The highest BCUT2D eigenvalue weighted by Crippen LogP contribution is 2.24. The average molecular weight is 237 g/mol. The lowest BCUT2D eigenvalue weighted by Gasteiger charge is -2.13. The van der Waals surface area contributed by atoms with E-state index < -0.39 is 0 Å². The van der Waals surface area contributed by atoms with E-state index in [-0.39, 0.29) is 0 Å². The van der Waals surface area contributed by atoms with Crippen LogP contribution < -0.4 is 5.32 Å². The largest absolute Gasteiger partial charge is 0.385 e. The second-order valence-corrected chi connectivity index (χ2v) is 4.82. The quantitative estimate of drug-likeness (QED) is 0.741. The van der Waals surface area contributed by atoms with Crippen LogP contribution in [0.4, 0.5) is 5.95 Å². The summed E-state index contributed by atoms with van der Waals surface area (Å²) in [6.45, 7) is 2.85. The van der Waals surface area contributed by atoms with E-state index in [9.17, 15) is 0 Å². The predicted octanol–water partition coefficient (Wildman–Crippen LogP) is 2.52. The highest BCUT2D eigenvalue weighted by atomic mass is 16.5. The van der Waals surface area contributed by atoms with Crippen LogP contribution in [0.25, 0.3) is 0 Å². The van der Waals surface area contributed by atoms with E-state index in [0.29, 0.717) is 0 Å². The van der Waals surface area contributed by atoms with Gasteiger partial charge in [0.05, 0.1) is 0 Å². The van der Waals surface area contributed by atoms with Crippen molar-refractivity contribution in [3.05, 3.63) is 12.4 Å². The van der Waals surface area contributed by atoms with Gasteiger partial charge in [0.1, 0.15) is 0 Å². The van der Waals surface area contributed by atoms with Gasteiger partial charge in [-0.1, -0.05) is 12.8 Å². The number of ether oxygens (including phenoxy) is 1. The van der Waals surface area contributed by atoms with Crippen molar-refractivity contribution < 1.29 is 4.74 Å². The van der Waals surface area contributed by atoms with E-state index in [1.807, 2.05) is 12.4 Å². The summed E-state index contributed by atoms with van der Waals surface area (Å²) < 4.78 is 7.24. The van der Waals surface area contributed by atoms with Crippen LogP contribution in [0, 0.1) is 5.92 Å². The van der Waals surface area contributed by atoms with Gasteiger partial charge in [0, 0.05) is 39.2 Å². The number of imidazole rings is 1. The average Bonchev–Trinajstić information content (AvgIpc) is 2.97. The van der Waals surface area contributed by atoms with Crippen LogP contribution in [0.1, 0.15) is 32.1 Å². The Morgan fingerprint density at radius 3 is 3.06 bits per heavy atom. The summed E-state index contributed by atoms with van der Waals surface area (Å²) in [6, 6.07) is 0. The van der Waals surface area contributed by atoms with Gasteiger partial charge in [-0.15, -0.1) is 0 Å². The zero-order valence-corrected chi connectivity index (χ0v) is 10.7. The molecule has 0 spiro atoms. The molecule has 0 saturated heterocycles. The van der Waals surface area contributed by atoms with Crippen molar-refractivity contribution in [3.8, 4) is 0 Å². The van der Waals surface area contributed by atoms with Crippen molar-refractivity contribution in [2.75, 3.05) is 25.6 Å². The molecule has 1 aromatic heterocycles. The summed E-state index contributed by atoms with van der Waals surface area (Å²) in [5.41, 5.74) is 0. The van der Waals surface area contributed by atoms with Gasteiger partial charge in [0.15, 0.2) is 0 Å². The Hall–Kier alpha value is -1.03. The summed E-state index contributed by atoms with van der Waals surface area (Å²) in [6.07, 6.45) is 10.5. The normalized spacial score (nSPS) is 16.5. The second kappa shape index (κ2) is 6.64. The van der Waals surface area contributed by atoms with E-state index >= 15 is 0 Å². The van der Waals surface area contributed by atoms with Crippen molar-refractivity contribution in [3.63, 3.8) is 0 Å². The first-order valence-corrected chi connectivity index (χ1v) is 6.64. The van der Waals surface area contributed by atoms with Crippen LogP contribution in [-0.4, -0.2) is 29.8 Å². The van der Waals surface area contributed by atoms with E-state index in [0.717, 1.165) is 38.0 Å². The fraction of sp³-hybridized carbons (Fsp3) is 0.769. The van der Waals surface area contributed by atoms with Gasteiger partial charge in [-0.2, -0.15) is 0 Å². The first-order chi connectivity index (χ1) is 8.40. The third-order valence-electron chi connectivity index (χ3n) is 3.49. The minimum absolute atomic E-state index is 0.806. The number of hydrogen-bond donors (Lipinski definition) is 1. The number of aromatic nitrogens is 2. The topological polar surface area (TPSA) is 39.1 Å². The Morgan fingerprint density at radius 2 is 2.29 bits per heavy atom. The van der Waals surface area contributed by atoms with Gasteiger partial charge in [-0.3, -0.25) is 0 Å². The highest BCUT2D eigenvalue weighted by Gasteiger charge is 2.15. The second-order valence-electron chi connectivity index (χ2n) is 4.82. The number of aryl methyl sites for hydroxylation is 1. The van der Waals surface area contributed by atoms with Crippen molar-refractivity contribution in [1.29, 1.82) is 0 Å². The van der Waals surface area contributed by atoms with Gasteiger partial charge in [-0.25, -0.2) is 4.98 Å². The van der Waals surface area contributed by atoms with E-state index in [4.69, 9.17) is 4.74 Å². The molecule has 1 heterocycles. The fourth-order valence-corrected chi connectivity index (χ4v) is 2.49. The van der Waals surface area contributed by atoms with Gasteiger partial charge in [0.2, 0.25) is 5.95 Å². The number of anilines is 1. The van der Waals surface area contributed by atoms with Gasteiger partial charge < -0.3 is 14.6 Å². The zero-order valence-electron chi connectivity index (χ0n) is 10.7. The number of nitrogens with one attached hydrogen (secondary N) is 1. The molecule has 1 aromatic rings. The molecule has 0 aromatic carbocycles. The Labute approximate surface area is 103 Å². The molecule has 0 amide bonds. The standard InChI is InChI=1S/C13H23N3O/c1-17-10-4-8-16-9-7-14-13(16)15-11-12-5-2-3-6-12/h7,9,12H,2-6,8,10-11H2,1H3,(H,14,15). The van der Waals surface area contributed by atoms with Crippen molar-refractivity contribution in [1.82, 2.24) is 9.55 Å². The van der Waals surface area contributed by atoms with Crippen LogP contribution >= 0.6 is 0 Å². The summed E-state index contributed by atoms with van der Waals surface area (Å²) in [5.74, 6) is 1.85. The lowest BCUT2D eigenvalue weighted by Crippen LogP contribution is -2.15. The number of methoxy groups -OCH3 is 1. The molecule has 1 saturated carbocycles. The molecule has 2 rings (SSSR count). The van der Waals surface area contributed by atoms with Crippen molar-refractivity contribution >= 4 is 5.95 Å². The molecule has 0 aliphatic heterocycles. The first-order valence-electron chi connectivity index (χ1n) is 6.64. The van der Waals surface area contributed by atoms with E-state index in [1.165, 1.54) is 25.7 Å². The molecule has 1 N–H and O–H groups in total. The molecule has 4 nitrogen and oxygen atoms in total. The number of hydrogen-bond acceptors (Lipinski definition) is 3. The maximum absolute atomic E-state index is 5.07. The molecule has 0 radical (unpaired) electrons. The van der Waals surface area contributed by atoms with Crippen LogP contribution in [0.5, 0.6) is 0 Å². The molecule has 4 heteroatoms. The Kier molecular flexibility index (Phi) is 4.86. The molecule has 17 heavy (non-hydrogen) atoms. The number of rotatable bonds is 7. The molecule has 1 aliphatic carbocycles. The molecule has 0 unspecified atom stereocenters. The van der Waals surface area contributed by atoms with E-state index in [2.05, 4.69) is 14.9 Å². The summed E-state index contributed by atoms with van der Waals surface area (Å²) in [4.78, 5) is 4.37. The van der Waals surface area contributed by atoms with Gasteiger partial charge in [-0.05, 0) is 25.2 Å². The third-order valence-corrected chi connectivity index (χ3v) is 3.49. The fourth-order valence-electron chi connectivity index (χ4n) is 2.49. The summed E-state index contributed by atoms with van der Waals surface area (Å²) in [7, 11) is 1.74. The Bertz CT molecular complexity index is 318. The minimum Gasteiger partial charge on any atom is -0.385 e. The Balaban J connectivity index is 1.76. The molecule has 1 fully saturated rings. The van der Waals surface area contributed by atoms with Gasteiger partial charge in [0.25, 0.3) is 0 Å². The van der Waals surface area contributed by atoms with Crippen LogP contribution in [0.2, 0.25) is 0 Å². The molecular formula is C13H23N3O. The molecule has 0 atom stereocenters. The molecule has 1 aliphatic rings. The maximum Gasteiger partial charge on any atom is 0.202 e. The molecule has 0 bridgehead atoms. The van der Waals surface area contributed by atoms with Crippen LogP contribution in [0.15, 0.2) is 12.4 Å². The molecule has 96 valence electrons. The minimum atomic E-state index is 0.806. The SMILES string of the molecule is COCCCn1ccnc1NCC1CCCC1. The first kappa shape index (κ1) is 12.4.